The summed E-state index contributed by atoms with van der Waals surface area (Å²) < 4.78 is 1.94. The molecule has 0 aliphatic carbocycles. The van der Waals surface area contributed by atoms with Gasteiger partial charge in [0, 0.05) is 23.5 Å². The highest BCUT2D eigenvalue weighted by Crippen LogP contribution is 2.20. The Morgan fingerprint density at radius 1 is 1.06 bits per heavy atom. The molecule has 0 fully saturated rings. The quantitative estimate of drug-likeness (QED) is 0.472. The van der Waals surface area contributed by atoms with Crippen molar-refractivity contribution in [2.75, 3.05) is 10.6 Å². The molecule has 3 heterocycles. The van der Waals surface area contributed by atoms with Crippen molar-refractivity contribution in [2.45, 2.75) is 26.4 Å². The van der Waals surface area contributed by atoms with E-state index in [1.807, 2.05) is 60.9 Å². The third-order valence-corrected chi connectivity index (χ3v) is 4.67. The van der Waals surface area contributed by atoms with E-state index in [0.29, 0.717) is 29.4 Å². The van der Waals surface area contributed by atoms with Gasteiger partial charge in [0.25, 0.3) is 5.91 Å². The smallest absolute Gasteiger partial charge is 0.256 e. The lowest BCUT2D eigenvalue weighted by molar-refractivity contribution is 0.102. The van der Waals surface area contributed by atoms with Crippen LogP contribution in [-0.2, 0) is 6.54 Å². The number of rotatable bonds is 7. The number of anilines is 2. The van der Waals surface area contributed by atoms with Crippen molar-refractivity contribution in [3.8, 4) is 11.5 Å². The molecule has 0 spiro atoms. The first kappa shape index (κ1) is 20.2. The fourth-order valence-corrected chi connectivity index (χ4v) is 3.09. The molecule has 0 unspecified atom stereocenters. The standard InChI is InChI=1S/C23H23N7O/c1-16(2)30-15-26-29-22(30)20-10-6-11-21(27-20)28-23(31)17-7-5-9-18(13-17)25-14-19-8-3-4-12-24-19/h3-13,15-16,25H,14H2,1-2H3,(H,27,28,31). The van der Waals surface area contributed by atoms with E-state index < -0.39 is 0 Å². The van der Waals surface area contributed by atoms with E-state index in [1.54, 1.807) is 30.7 Å². The number of hydrogen-bond acceptors (Lipinski definition) is 6. The average molecular weight is 413 g/mol. The molecule has 4 aromatic rings. The topological polar surface area (TPSA) is 97.6 Å². The van der Waals surface area contributed by atoms with Crippen molar-refractivity contribution in [3.63, 3.8) is 0 Å². The molecule has 0 bridgehead atoms. The van der Waals surface area contributed by atoms with Gasteiger partial charge in [0.15, 0.2) is 5.82 Å². The van der Waals surface area contributed by atoms with Gasteiger partial charge in [-0.15, -0.1) is 10.2 Å². The van der Waals surface area contributed by atoms with E-state index in [2.05, 4.69) is 30.8 Å². The molecule has 1 aromatic carbocycles. The second kappa shape index (κ2) is 9.17. The van der Waals surface area contributed by atoms with Crippen LogP contribution in [0, 0.1) is 0 Å². The molecule has 8 nitrogen and oxygen atoms in total. The minimum absolute atomic E-state index is 0.200. The first-order chi connectivity index (χ1) is 15.1. The van der Waals surface area contributed by atoms with Crippen LogP contribution in [0.5, 0.6) is 0 Å². The highest BCUT2D eigenvalue weighted by molar-refractivity contribution is 6.04. The first-order valence-electron chi connectivity index (χ1n) is 10.0. The van der Waals surface area contributed by atoms with Crippen LogP contribution in [0.25, 0.3) is 11.5 Å². The van der Waals surface area contributed by atoms with E-state index >= 15 is 0 Å². The molecular weight excluding hydrogens is 390 g/mol. The lowest BCUT2D eigenvalue weighted by Gasteiger charge is -2.11. The molecule has 3 aromatic heterocycles. The van der Waals surface area contributed by atoms with Crippen LogP contribution in [0.3, 0.4) is 0 Å². The Labute approximate surface area is 180 Å². The monoisotopic (exact) mass is 413 g/mol. The Morgan fingerprint density at radius 2 is 1.94 bits per heavy atom. The first-order valence-corrected chi connectivity index (χ1v) is 10.0. The van der Waals surface area contributed by atoms with Crippen LogP contribution in [0.4, 0.5) is 11.5 Å². The summed E-state index contributed by atoms with van der Waals surface area (Å²) in [5.74, 6) is 0.871. The van der Waals surface area contributed by atoms with E-state index in [0.717, 1.165) is 11.4 Å². The van der Waals surface area contributed by atoms with Crippen LogP contribution in [0.1, 0.15) is 35.9 Å². The zero-order chi connectivity index (χ0) is 21.6. The number of amides is 1. The zero-order valence-electron chi connectivity index (χ0n) is 17.4. The number of nitrogens with zero attached hydrogens (tertiary/aromatic N) is 5. The molecule has 8 heteroatoms. The molecule has 2 N–H and O–H groups in total. The summed E-state index contributed by atoms with van der Waals surface area (Å²) in [6, 6.07) is 18.7. The van der Waals surface area contributed by atoms with Crippen LogP contribution in [-0.4, -0.2) is 30.6 Å². The van der Waals surface area contributed by atoms with E-state index in [4.69, 9.17) is 0 Å². The average Bonchev–Trinajstić information content (AvgIpc) is 3.29. The zero-order valence-corrected chi connectivity index (χ0v) is 17.4. The van der Waals surface area contributed by atoms with Crippen molar-refractivity contribution in [1.82, 2.24) is 24.7 Å². The Bertz CT molecular complexity index is 1170. The van der Waals surface area contributed by atoms with E-state index in [1.165, 1.54) is 0 Å². The summed E-state index contributed by atoms with van der Waals surface area (Å²) in [5, 5.41) is 14.3. The maximum atomic E-state index is 12.8. The fraction of sp³-hybridized carbons (Fsp3) is 0.174. The van der Waals surface area contributed by atoms with Crippen LogP contribution in [0.2, 0.25) is 0 Å². The highest BCUT2D eigenvalue weighted by Gasteiger charge is 2.13. The predicted molar refractivity (Wildman–Crippen MR) is 120 cm³/mol. The second-order valence-electron chi connectivity index (χ2n) is 7.27. The van der Waals surface area contributed by atoms with Gasteiger partial charge in [-0.1, -0.05) is 18.2 Å². The molecular formula is C23H23N7O. The Balaban J connectivity index is 1.47. The molecule has 4 rings (SSSR count). The third-order valence-electron chi connectivity index (χ3n) is 4.67. The van der Waals surface area contributed by atoms with Gasteiger partial charge < -0.3 is 15.2 Å². The number of benzene rings is 1. The Morgan fingerprint density at radius 3 is 2.74 bits per heavy atom. The van der Waals surface area contributed by atoms with E-state index in [-0.39, 0.29) is 11.9 Å². The molecule has 0 atom stereocenters. The lowest BCUT2D eigenvalue weighted by Crippen LogP contribution is -2.14. The Hall–Kier alpha value is -4.07. The Kier molecular flexibility index (Phi) is 5.98. The number of carbonyl (C=O) groups is 1. The summed E-state index contributed by atoms with van der Waals surface area (Å²) in [5.41, 5.74) is 2.94. The van der Waals surface area contributed by atoms with Gasteiger partial charge in [-0.25, -0.2) is 4.98 Å². The number of hydrogen-bond donors (Lipinski definition) is 2. The number of nitrogens with one attached hydrogen (secondary N) is 2. The van der Waals surface area contributed by atoms with Crippen molar-refractivity contribution >= 4 is 17.4 Å². The summed E-state index contributed by atoms with van der Waals surface area (Å²) >= 11 is 0. The maximum Gasteiger partial charge on any atom is 0.256 e. The molecule has 0 aliphatic heterocycles. The van der Waals surface area contributed by atoms with Crippen molar-refractivity contribution < 1.29 is 4.79 Å². The van der Waals surface area contributed by atoms with Gasteiger partial charge in [-0.05, 0) is 56.3 Å². The van der Waals surface area contributed by atoms with Gasteiger partial charge >= 0.3 is 0 Å². The molecule has 31 heavy (non-hydrogen) atoms. The van der Waals surface area contributed by atoms with Crippen LogP contribution < -0.4 is 10.6 Å². The molecule has 1 amide bonds. The van der Waals surface area contributed by atoms with Gasteiger partial charge in [0.05, 0.1) is 12.2 Å². The predicted octanol–water partition coefficient (Wildman–Crippen LogP) is 4.18. The summed E-state index contributed by atoms with van der Waals surface area (Å²) in [6.07, 6.45) is 3.43. The normalized spacial score (nSPS) is 10.8. The lowest BCUT2D eigenvalue weighted by atomic mass is 10.2. The van der Waals surface area contributed by atoms with Gasteiger partial charge in [0.1, 0.15) is 17.8 Å². The molecule has 156 valence electrons. The fourth-order valence-electron chi connectivity index (χ4n) is 3.09. The summed E-state index contributed by atoms with van der Waals surface area (Å²) in [6.45, 7) is 4.67. The van der Waals surface area contributed by atoms with Gasteiger partial charge in [0.2, 0.25) is 0 Å². The van der Waals surface area contributed by atoms with Gasteiger partial charge in [-0.2, -0.15) is 0 Å². The second-order valence-corrected chi connectivity index (χ2v) is 7.27. The van der Waals surface area contributed by atoms with Crippen molar-refractivity contribution in [2.24, 2.45) is 0 Å². The van der Waals surface area contributed by atoms with Crippen molar-refractivity contribution in [3.05, 3.63) is 84.4 Å². The molecule has 0 radical (unpaired) electrons. The summed E-state index contributed by atoms with van der Waals surface area (Å²) in [7, 11) is 0. The molecule has 0 saturated heterocycles. The van der Waals surface area contributed by atoms with E-state index in [9.17, 15) is 4.79 Å². The highest BCUT2D eigenvalue weighted by atomic mass is 16.1. The third kappa shape index (κ3) is 4.92. The number of aromatic nitrogens is 5. The SMILES string of the molecule is CC(C)n1cnnc1-c1cccc(NC(=O)c2cccc(NCc3ccccn3)c2)n1. The molecule has 0 aliphatic rings. The van der Waals surface area contributed by atoms with Crippen molar-refractivity contribution in [1.29, 1.82) is 0 Å². The molecule has 0 saturated carbocycles. The largest absolute Gasteiger partial charge is 0.379 e. The minimum atomic E-state index is -0.239. The number of pyridine rings is 2. The number of carbonyl (C=O) groups excluding carboxylic acids is 1. The summed E-state index contributed by atoms with van der Waals surface area (Å²) in [4.78, 5) is 21.6. The minimum Gasteiger partial charge on any atom is -0.379 e. The van der Waals surface area contributed by atoms with Crippen LogP contribution in [0.15, 0.2) is 73.2 Å². The van der Waals surface area contributed by atoms with Crippen LogP contribution >= 0.6 is 0 Å². The van der Waals surface area contributed by atoms with Gasteiger partial charge in [-0.3, -0.25) is 9.78 Å². The maximum absolute atomic E-state index is 12.8.